The predicted octanol–water partition coefficient (Wildman–Crippen LogP) is 2.80. The zero-order chi connectivity index (χ0) is 14.5. The smallest absolute Gasteiger partial charge is 0.302 e. The second-order valence-electron chi connectivity index (χ2n) is 6.09. The minimum atomic E-state index is -0.204. The van der Waals surface area contributed by atoms with Crippen molar-refractivity contribution in [3.63, 3.8) is 0 Å². The summed E-state index contributed by atoms with van der Waals surface area (Å²) in [6.07, 6.45) is 2.80. The molecule has 19 heavy (non-hydrogen) atoms. The van der Waals surface area contributed by atoms with E-state index in [0.29, 0.717) is 25.0 Å². The van der Waals surface area contributed by atoms with Crippen LogP contribution in [0.2, 0.25) is 0 Å². The standard InChI is InChI=1S/C15H28O4/c1-11(2)13-6-7-15(4,18-9-8-17-5)10-14(13)19-12(3)16/h11,13-14H,6-10H2,1-5H3. The third-order valence-electron chi connectivity index (χ3n) is 4.03. The molecule has 0 bridgehead atoms. The van der Waals surface area contributed by atoms with Gasteiger partial charge in [0.2, 0.25) is 0 Å². The van der Waals surface area contributed by atoms with Crippen molar-refractivity contribution in [2.75, 3.05) is 20.3 Å². The molecule has 1 fully saturated rings. The predicted molar refractivity (Wildman–Crippen MR) is 74.0 cm³/mol. The van der Waals surface area contributed by atoms with Gasteiger partial charge in [0.05, 0.1) is 18.8 Å². The molecule has 4 heteroatoms. The van der Waals surface area contributed by atoms with E-state index in [1.165, 1.54) is 6.92 Å². The molecule has 0 N–H and O–H groups in total. The van der Waals surface area contributed by atoms with Gasteiger partial charge in [0.25, 0.3) is 0 Å². The maximum atomic E-state index is 11.3. The first-order chi connectivity index (χ1) is 8.88. The van der Waals surface area contributed by atoms with Crippen LogP contribution in [0.5, 0.6) is 0 Å². The Morgan fingerprint density at radius 2 is 2.05 bits per heavy atom. The molecule has 1 rings (SSSR count). The summed E-state index contributed by atoms with van der Waals surface area (Å²) in [6.45, 7) is 9.16. The van der Waals surface area contributed by atoms with Crippen LogP contribution in [0, 0.1) is 11.8 Å². The Labute approximate surface area is 116 Å². The van der Waals surface area contributed by atoms with Crippen LogP contribution < -0.4 is 0 Å². The van der Waals surface area contributed by atoms with Gasteiger partial charge in [-0.15, -0.1) is 0 Å². The molecule has 0 aromatic rings. The zero-order valence-electron chi connectivity index (χ0n) is 12.9. The van der Waals surface area contributed by atoms with E-state index in [2.05, 4.69) is 20.8 Å². The van der Waals surface area contributed by atoms with Gasteiger partial charge in [-0.2, -0.15) is 0 Å². The molecule has 4 nitrogen and oxygen atoms in total. The summed E-state index contributed by atoms with van der Waals surface area (Å²) in [7, 11) is 1.67. The second kappa shape index (κ2) is 7.25. The molecular formula is C15H28O4. The fraction of sp³-hybridized carbons (Fsp3) is 0.933. The molecule has 0 heterocycles. The third-order valence-corrected chi connectivity index (χ3v) is 4.03. The summed E-state index contributed by atoms with van der Waals surface area (Å²) in [5.74, 6) is 0.757. The summed E-state index contributed by atoms with van der Waals surface area (Å²) >= 11 is 0. The maximum Gasteiger partial charge on any atom is 0.302 e. The Morgan fingerprint density at radius 3 is 2.58 bits per heavy atom. The van der Waals surface area contributed by atoms with E-state index >= 15 is 0 Å². The summed E-state index contributed by atoms with van der Waals surface area (Å²) in [6, 6.07) is 0. The van der Waals surface area contributed by atoms with Gasteiger partial charge in [-0.1, -0.05) is 13.8 Å². The van der Waals surface area contributed by atoms with E-state index in [1.807, 2.05) is 0 Å². The third kappa shape index (κ3) is 5.11. The number of esters is 1. The number of hydrogen-bond donors (Lipinski definition) is 0. The van der Waals surface area contributed by atoms with Crippen molar-refractivity contribution in [1.82, 2.24) is 0 Å². The lowest BCUT2D eigenvalue weighted by Gasteiger charge is -2.43. The lowest BCUT2D eigenvalue weighted by atomic mass is 9.73. The van der Waals surface area contributed by atoms with Crippen molar-refractivity contribution < 1.29 is 19.0 Å². The highest BCUT2D eigenvalue weighted by atomic mass is 16.6. The average molecular weight is 272 g/mol. The monoisotopic (exact) mass is 272 g/mol. The molecule has 1 saturated carbocycles. The molecule has 0 spiro atoms. The van der Waals surface area contributed by atoms with Gasteiger partial charge in [-0.05, 0) is 31.6 Å². The van der Waals surface area contributed by atoms with Crippen molar-refractivity contribution in [3.8, 4) is 0 Å². The Balaban J connectivity index is 2.63. The topological polar surface area (TPSA) is 44.8 Å². The Kier molecular flexibility index (Phi) is 6.27. The van der Waals surface area contributed by atoms with Crippen molar-refractivity contribution in [3.05, 3.63) is 0 Å². The summed E-state index contributed by atoms with van der Waals surface area (Å²) in [4.78, 5) is 11.3. The van der Waals surface area contributed by atoms with Crippen molar-refractivity contribution in [2.24, 2.45) is 11.8 Å². The van der Waals surface area contributed by atoms with E-state index in [-0.39, 0.29) is 17.7 Å². The van der Waals surface area contributed by atoms with Gasteiger partial charge in [0.15, 0.2) is 0 Å². The number of methoxy groups -OCH3 is 1. The van der Waals surface area contributed by atoms with Gasteiger partial charge >= 0.3 is 5.97 Å². The summed E-state index contributed by atoms with van der Waals surface area (Å²) in [5.41, 5.74) is -0.204. The highest BCUT2D eigenvalue weighted by Gasteiger charge is 2.41. The SMILES string of the molecule is COCCOC1(C)CCC(C(C)C)C(OC(C)=O)C1. The first-order valence-electron chi connectivity index (χ1n) is 7.18. The lowest BCUT2D eigenvalue weighted by Crippen LogP contribution is -2.45. The van der Waals surface area contributed by atoms with Gasteiger partial charge in [-0.25, -0.2) is 0 Å². The minimum Gasteiger partial charge on any atom is -0.462 e. The average Bonchev–Trinajstić information content (AvgIpc) is 2.27. The molecule has 0 aromatic carbocycles. The highest BCUT2D eigenvalue weighted by Crippen LogP contribution is 2.39. The fourth-order valence-corrected chi connectivity index (χ4v) is 2.94. The molecule has 112 valence electrons. The van der Waals surface area contributed by atoms with Gasteiger partial charge in [-0.3, -0.25) is 4.79 Å². The Hall–Kier alpha value is -0.610. The zero-order valence-corrected chi connectivity index (χ0v) is 12.9. The van der Waals surface area contributed by atoms with E-state index < -0.39 is 0 Å². The molecule has 0 amide bonds. The molecule has 1 aliphatic rings. The van der Waals surface area contributed by atoms with Crippen LogP contribution in [-0.4, -0.2) is 38.0 Å². The molecule has 1 aliphatic carbocycles. The molecule has 0 aliphatic heterocycles. The maximum absolute atomic E-state index is 11.3. The number of rotatable bonds is 6. The molecule has 0 aromatic heterocycles. The van der Waals surface area contributed by atoms with Gasteiger partial charge in [0.1, 0.15) is 6.10 Å². The van der Waals surface area contributed by atoms with E-state index in [4.69, 9.17) is 14.2 Å². The van der Waals surface area contributed by atoms with Gasteiger partial charge < -0.3 is 14.2 Å². The first-order valence-corrected chi connectivity index (χ1v) is 7.18. The van der Waals surface area contributed by atoms with E-state index in [9.17, 15) is 4.79 Å². The Morgan fingerprint density at radius 1 is 1.37 bits per heavy atom. The quantitative estimate of drug-likeness (QED) is 0.551. The molecule has 3 unspecified atom stereocenters. The second-order valence-corrected chi connectivity index (χ2v) is 6.09. The number of hydrogen-bond acceptors (Lipinski definition) is 4. The largest absolute Gasteiger partial charge is 0.462 e. The van der Waals surface area contributed by atoms with E-state index in [1.54, 1.807) is 7.11 Å². The number of ether oxygens (including phenoxy) is 3. The summed E-state index contributed by atoms with van der Waals surface area (Å²) < 4.78 is 16.5. The summed E-state index contributed by atoms with van der Waals surface area (Å²) in [5, 5.41) is 0. The normalized spacial score (nSPS) is 31.5. The van der Waals surface area contributed by atoms with Crippen molar-refractivity contribution in [2.45, 2.75) is 58.7 Å². The first kappa shape index (κ1) is 16.4. The fourth-order valence-electron chi connectivity index (χ4n) is 2.94. The van der Waals surface area contributed by atoms with Crippen LogP contribution >= 0.6 is 0 Å². The van der Waals surface area contributed by atoms with Crippen molar-refractivity contribution >= 4 is 5.97 Å². The van der Waals surface area contributed by atoms with E-state index in [0.717, 1.165) is 19.3 Å². The minimum absolute atomic E-state index is 0.0289. The molecule has 0 radical (unpaired) electrons. The highest BCUT2D eigenvalue weighted by molar-refractivity contribution is 5.66. The van der Waals surface area contributed by atoms with Crippen LogP contribution in [0.15, 0.2) is 0 Å². The van der Waals surface area contributed by atoms with Crippen LogP contribution in [0.25, 0.3) is 0 Å². The number of carbonyl (C=O) groups excluding carboxylic acids is 1. The molecule has 3 atom stereocenters. The van der Waals surface area contributed by atoms with Crippen LogP contribution in [0.1, 0.15) is 47.0 Å². The molecule has 0 saturated heterocycles. The van der Waals surface area contributed by atoms with Crippen molar-refractivity contribution in [1.29, 1.82) is 0 Å². The van der Waals surface area contributed by atoms with Crippen LogP contribution in [0.3, 0.4) is 0 Å². The van der Waals surface area contributed by atoms with Crippen LogP contribution in [-0.2, 0) is 19.0 Å². The van der Waals surface area contributed by atoms with Gasteiger partial charge in [0, 0.05) is 20.5 Å². The number of carbonyl (C=O) groups is 1. The Bertz CT molecular complexity index is 290. The van der Waals surface area contributed by atoms with Crippen LogP contribution in [0.4, 0.5) is 0 Å². The lowest BCUT2D eigenvalue weighted by molar-refractivity contribution is -0.165. The molecular weight excluding hydrogens is 244 g/mol.